The molecule has 0 spiro atoms. The van der Waals surface area contributed by atoms with E-state index in [-0.39, 0.29) is 0 Å². The van der Waals surface area contributed by atoms with Gasteiger partial charge in [-0.3, -0.25) is 4.90 Å². The molecule has 16 heavy (non-hydrogen) atoms. The maximum Gasteiger partial charge on any atom is 0.0798 e. The molecule has 1 aliphatic heterocycles. The third-order valence-electron chi connectivity index (χ3n) is 3.61. The molecule has 0 saturated carbocycles. The van der Waals surface area contributed by atoms with Crippen LogP contribution in [0.3, 0.4) is 0 Å². The second-order valence-corrected chi connectivity index (χ2v) is 5.66. The Bertz CT molecular complexity index is 337. The van der Waals surface area contributed by atoms with Gasteiger partial charge in [0.2, 0.25) is 0 Å². The molecule has 2 N–H and O–H groups in total. The number of piperidine rings is 1. The number of hydrogen-bond acceptors (Lipinski definition) is 4. The first-order valence-corrected chi connectivity index (χ1v) is 6.95. The highest BCUT2D eigenvalue weighted by molar-refractivity contribution is 7.09. The van der Waals surface area contributed by atoms with E-state index in [1.54, 1.807) is 11.3 Å². The first-order chi connectivity index (χ1) is 7.70. The van der Waals surface area contributed by atoms with Crippen LogP contribution in [0.1, 0.15) is 30.3 Å². The minimum Gasteiger partial charge on any atom is -0.327 e. The Balaban J connectivity index is 1.94. The van der Waals surface area contributed by atoms with Gasteiger partial charge in [0.25, 0.3) is 0 Å². The molecule has 2 heterocycles. The lowest BCUT2D eigenvalue weighted by atomic mass is 9.91. The highest BCUT2D eigenvalue weighted by Crippen LogP contribution is 2.22. The summed E-state index contributed by atoms with van der Waals surface area (Å²) in [5, 5.41) is 0. The summed E-state index contributed by atoms with van der Waals surface area (Å²) in [4.78, 5) is 8.24. The van der Waals surface area contributed by atoms with Crippen LogP contribution in [0.25, 0.3) is 0 Å². The van der Waals surface area contributed by atoms with Gasteiger partial charge >= 0.3 is 0 Å². The fourth-order valence-corrected chi connectivity index (χ4v) is 3.20. The molecule has 2 rings (SSSR count). The monoisotopic (exact) mass is 239 g/mol. The molecule has 1 fully saturated rings. The van der Waals surface area contributed by atoms with Crippen molar-refractivity contribution in [2.45, 2.75) is 39.3 Å². The molecule has 1 saturated heterocycles. The van der Waals surface area contributed by atoms with Gasteiger partial charge < -0.3 is 5.73 Å². The fourth-order valence-electron chi connectivity index (χ4n) is 2.38. The van der Waals surface area contributed by atoms with Crippen molar-refractivity contribution < 1.29 is 0 Å². The second-order valence-electron chi connectivity index (χ2n) is 4.72. The van der Waals surface area contributed by atoms with Gasteiger partial charge in [0.1, 0.15) is 0 Å². The first-order valence-electron chi connectivity index (χ1n) is 6.07. The average molecular weight is 239 g/mol. The molecule has 3 nitrogen and oxygen atoms in total. The number of rotatable bonds is 3. The highest BCUT2D eigenvalue weighted by Gasteiger charge is 2.25. The van der Waals surface area contributed by atoms with Crippen molar-refractivity contribution in [1.29, 1.82) is 0 Å². The van der Waals surface area contributed by atoms with E-state index in [1.165, 1.54) is 17.0 Å². The van der Waals surface area contributed by atoms with Gasteiger partial charge in [-0.2, -0.15) is 0 Å². The van der Waals surface area contributed by atoms with Crippen molar-refractivity contribution in [3.63, 3.8) is 0 Å². The maximum absolute atomic E-state index is 6.12. The molecular weight excluding hydrogens is 218 g/mol. The summed E-state index contributed by atoms with van der Waals surface area (Å²) in [6.45, 7) is 7.68. The molecule has 1 aromatic rings. The zero-order valence-electron chi connectivity index (χ0n) is 10.1. The third-order valence-corrected chi connectivity index (χ3v) is 4.53. The molecule has 2 atom stereocenters. The molecule has 0 amide bonds. The van der Waals surface area contributed by atoms with Gasteiger partial charge in [-0.15, -0.1) is 11.3 Å². The van der Waals surface area contributed by atoms with Gasteiger partial charge in [0.05, 0.1) is 11.2 Å². The zero-order chi connectivity index (χ0) is 11.5. The molecule has 1 aromatic heterocycles. The third kappa shape index (κ3) is 2.62. The Morgan fingerprint density at radius 1 is 1.62 bits per heavy atom. The summed E-state index contributed by atoms with van der Waals surface area (Å²) in [5.41, 5.74) is 9.25. The van der Waals surface area contributed by atoms with Crippen LogP contribution in [-0.2, 0) is 6.54 Å². The smallest absolute Gasteiger partial charge is 0.0798 e. The van der Waals surface area contributed by atoms with E-state index in [2.05, 4.69) is 23.7 Å². The summed E-state index contributed by atoms with van der Waals surface area (Å²) >= 11 is 1.77. The minimum absolute atomic E-state index is 0.406. The molecule has 4 heteroatoms. The van der Waals surface area contributed by atoms with E-state index in [0.29, 0.717) is 12.0 Å². The molecule has 1 aliphatic rings. The minimum atomic E-state index is 0.406. The van der Waals surface area contributed by atoms with Crippen LogP contribution in [0.2, 0.25) is 0 Å². The van der Waals surface area contributed by atoms with E-state index in [9.17, 15) is 0 Å². The van der Waals surface area contributed by atoms with Gasteiger partial charge in [-0.1, -0.05) is 13.3 Å². The zero-order valence-corrected chi connectivity index (χ0v) is 11.0. The lowest BCUT2D eigenvalue weighted by Gasteiger charge is -2.36. The molecule has 0 aliphatic carbocycles. The summed E-state index contributed by atoms with van der Waals surface area (Å²) in [6.07, 6.45) is 2.33. The van der Waals surface area contributed by atoms with Gasteiger partial charge in [0.15, 0.2) is 0 Å². The standard InChI is InChI=1S/C12H21N3S/c1-3-10-6-15(5-4-11(10)13)7-12-9(2)14-8-16-12/h8,10-11H,3-7,13H2,1-2H3. The van der Waals surface area contributed by atoms with Crippen molar-refractivity contribution in [1.82, 2.24) is 9.88 Å². The van der Waals surface area contributed by atoms with Crippen molar-refractivity contribution in [3.8, 4) is 0 Å². The Morgan fingerprint density at radius 2 is 2.44 bits per heavy atom. The van der Waals surface area contributed by atoms with E-state index in [4.69, 9.17) is 5.73 Å². The Labute approximate surface area is 102 Å². The number of likely N-dealkylation sites (tertiary alicyclic amines) is 1. The molecule has 90 valence electrons. The van der Waals surface area contributed by atoms with Crippen LogP contribution >= 0.6 is 11.3 Å². The van der Waals surface area contributed by atoms with Crippen molar-refractivity contribution >= 4 is 11.3 Å². The van der Waals surface area contributed by atoms with Crippen molar-refractivity contribution in [2.75, 3.05) is 13.1 Å². The SMILES string of the molecule is CCC1CN(Cc2scnc2C)CCC1N. The van der Waals surface area contributed by atoms with E-state index < -0.39 is 0 Å². The largest absolute Gasteiger partial charge is 0.327 e. The van der Waals surface area contributed by atoms with E-state index in [1.807, 2.05) is 5.51 Å². The summed E-state index contributed by atoms with van der Waals surface area (Å²) in [6, 6.07) is 0.406. The average Bonchev–Trinajstić information content (AvgIpc) is 2.67. The number of hydrogen-bond donors (Lipinski definition) is 1. The topological polar surface area (TPSA) is 42.2 Å². The Morgan fingerprint density at radius 3 is 3.06 bits per heavy atom. The van der Waals surface area contributed by atoms with Crippen LogP contribution in [0, 0.1) is 12.8 Å². The molecule has 0 radical (unpaired) electrons. The number of nitrogens with zero attached hydrogens (tertiary/aromatic N) is 2. The van der Waals surface area contributed by atoms with E-state index in [0.717, 1.165) is 26.1 Å². The number of nitrogens with two attached hydrogens (primary N) is 1. The maximum atomic E-state index is 6.12. The van der Waals surface area contributed by atoms with E-state index >= 15 is 0 Å². The lowest BCUT2D eigenvalue weighted by molar-refractivity contribution is 0.146. The first kappa shape index (κ1) is 12.0. The summed E-state index contributed by atoms with van der Waals surface area (Å²) in [7, 11) is 0. The van der Waals surface area contributed by atoms with Crippen LogP contribution in [-0.4, -0.2) is 29.0 Å². The predicted octanol–water partition coefficient (Wildman–Crippen LogP) is 2.01. The van der Waals surface area contributed by atoms with Crippen LogP contribution in [0.4, 0.5) is 0 Å². The second kappa shape index (κ2) is 5.25. The summed E-state index contributed by atoms with van der Waals surface area (Å²) < 4.78 is 0. The molecular formula is C12H21N3S. The molecule has 0 aromatic carbocycles. The fraction of sp³-hybridized carbons (Fsp3) is 0.750. The molecule has 0 bridgehead atoms. The number of aromatic nitrogens is 1. The van der Waals surface area contributed by atoms with Crippen molar-refractivity contribution in [2.24, 2.45) is 11.7 Å². The van der Waals surface area contributed by atoms with Gasteiger partial charge in [0, 0.05) is 30.6 Å². The van der Waals surface area contributed by atoms with Gasteiger partial charge in [-0.05, 0) is 19.3 Å². The number of thiazole rings is 1. The van der Waals surface area contributed by atoms with Crippen LogP contribution in [0.15, 0.2) is 5.51 Å². The lowest BCUT2D eigenvalue weighted by Crippen LogP contribution is -2.46. The number of aryl methyl sites for hydroxylation is 1. The van der Waals surface area contributed by atoms with Gasteiger partial charge in [-0.25, -0.2) is 4.98 Å². The quantitative estimate of drug-likeness (QED) is 0.877. The predicted molar refractivity (Wildman–Crippen MR) is 68.5 cm³/mol. The van der Waals surface area contributed by atoms with Crippen molar-refractivity contribution in [3.05, 3.63) is 16.1 Å². The Hall–Kier alpha value is -0.450. The highest BCUT2D eigenvalue weighted by atomic mass is 32.1. The van der Waals surface area contributed by atoms with Crippen LogP contribution < -0.4 is 5.73 Å². The molecule has 2 unspecified atom stereocenters. The summed E-state index contributed by atoms with van der Waals surface area (Å²) in [5.74, 6) is 0.668. The normalized spacial score (nSPS) is 27.2. The van der Waals surface area contributed by atoms with Crippen LogP contribution in [0.5, 0.6) is 0 Å². The Kier molecular flexibility index (Phi) is 3.95.